The first-order valence-corrected chi connectivity index (χ1v) is 6.16. The summed E-state index contributed by atoms with van der Waals surface area (Å²) in [5, 5.41) is 13.0. The molecule has 0 aromatic carbocycles. The largest absolute Gasteiger partial charge is 0.382 e. The third-order valence-corrected chi connectivity index (χ3v) is 2.70. The summed E-state index contributed by atoms with van der Waals surface area (Å²) in [4.78, 5) is 18.4. The SMILES string of the molecule is CC(C)Nc1cnc2[nH]cc(C=C(C#N)C(N)=O)c2c1. The fraction of sp³-hybridized carbons (Fsp3) is 0.214. The smallest absolute Gasteiger partial charge is 0.259 e. The molecule has 2 heterocycles. The van der Waals surface area contributed by atoms with Gasteiger partial charge in [-0.15, -0.1) is 0 Å². The molecule has 6 nitrogen and oxygen atoms in total. The molecule has 0 saturated heterocycles. The van der Waals surface area contributed by atoms with Gasteiger partial charge in [-0.05, 0) is 26.0 Å². The Hall–Kier alpha value is -2.81. The molecule has 0 saturated carbocycles. The number of nitrogens with two attached hydrogens (primary N) is 1. The number of rotatable bonds is 4. The Morgan fingerprint density at radius 1 is 1.60 bits per heavy atom. The lowest BCUT2D eigenvalue weighted by molar-refractivity contribution is -0.114. The van der Waals surface area contributed by atoms with Gasteiger partial charge >= 0.3 is 0 Å². The summed E-state index contributed by atoms with van der Waals surface area (Å²) in [6.07, 6.45) is 4.88. The minimum atomic E-state index is -0.744. The molecule has 2 aromatic rings. The van der Waals surface area contributed by atoms with Gasteiger partial charge in [-0.25, -0.2) is 4.98 Å². The number of H-pyrrole nitrogens is 1. The van der Waals surface area contributed by atoms with Crippen LogP contribution in [0.5, 0.6) is 0 Å². The van der Waals surface area contributed by atoms with Gasteiger partial charge in [0.2, 0.25) is 0 Å². The highest BCUT2D eigenvalue weighted by molar-refractivity contribution is 6.02. The van der Waals surface area contributed by atoms with E-state index in [0.29, 0.717) is 11.2 Å². The van der Waals surface area contributed by atoms with Crippen LogP contribution in [0.3, 0.4) is 0 Å². The first-order valence-electron chi connectivity index (χ1n) is 6.16. The second-order valence-corrected chi connectivity index (χ2v) is 4.70. The summed E-state index contributed by atoms with van der Waals surface area (Å²) in [6, 6.07) is 3.99. The first kappa shape index (κ1) is 13.6. The van der Waals surface area contributed by atoms with Crippen molar-refractivity contribution < 1.29 is 4.79 Å². The normalized spacial score (nSPS) is 11.6. The van der Waals surface area contributed by atoms with E-state index in [4.69, 9.17) is 11.0 Å². The molecule has 20 heavy (non-hydrogen) atoms. The number of primary amides is 1. The van der Waals surface area contributed by atoms with Crippen LogP contribution in [0.1, 0.15) is 19.4 Å². The molecule has 0 atom stereocenters. The van der Waals surface area contributed by atoms with Gasteiger partial charge in [0.1, 0.15) is 17.3 Å². The van der Waals surface area contributed by atoms with Crippen molar-refractivity contribution in [2.45, 2.75) is 19.9 Å². The predicted molar refractivity (Wildman–Crippen MR) is 77.6 cm³/mol. The number of nitrogens with zero attached hydrogens (tertiary/aromatic N) is 2. The average molecular weight is 269 g/mol. The summed E-state index contributed by atoms with van der Waals surface area (Å²) in [7, 11) is 0. The number of pyridine rings is 1. The molecule has 0 bridgehead atoms. The number of nitrogens with one attached hydrogen (secondary N) is 2. The van der Waals surface area contributed by atoms with Crippen molar-refractivity contribution >= 4 is 28.7 Å². The molecule has 2 rings (SSSR count). The maximum atomic E-state index is 11.1. The van der Waals surface area contributed by atoms with Crippen molar-refractivity contribution in [3.05, 3.63) is 29.6 Å². The standard InChI is InChI=1S/C14H15N5O/c1-8(2)19-11-4-12-10(3-9(5-15)13(16)20)6-17-14(12)18-7-11/h3-4,6-8,19H,1-2H3,(H2,16,20)(H,17,18). The van der Waals surface area contributed by atoms with E-state index in [-0.39, 0.29) is 11.6 Å². The van der Waals surface area contributed by atoms with E-state index in [1.54, 1.807) is 18.5 Å². The zero-order chi connectivity index (χ0) is 14.7. The molecule has 0 aliphatic rings. The highest BCUT2D eigenvalue weighted by atomic mass is 16.1. The zero-order valence-electron chi connectivity index (χ0n) is 11.3. The summed E-state index contributed by atoms with van der Waals surface area (Å²) >= 11 is 0. The van der Waals surface area contributed by atoms with Crippen LogP contribution in [0.2, 0.25) is 0 Å². The number of carbonyl (C=O) groups excluding carboxylic acids is 1. The molecule has 1 amide bonds. The van der Waals surface area contributed by atoms with E-state index in [9.17, 15) is 4.79 Å². The van der Waals surface area contributed by atoms with Gasteiger partial charge in [0.05, 0.1) is 11.9 Å². The Morgan fingerprint density at radius 2 is 2.35 bits per heavy atom. The topological polar surface area (TPSA) is 108 Å². The van der Waals surface area contributed by atoms with Crippen molar-refractivity contribution in [3.8, 4) is 6.07 Å². The molecule has 0 radical (unpaired) electrons. The van der Waals surface area contributed by atoms with Gasteiger partial charge in [-0.1, -0.05) is 0 Å². The third-order valence-electron chi connectivity index (χ3n) is 2.70. The fourth-order valence-electron chi connectivity index (χ4n) is 1.87. The molecule has 2 aromatic heterocycles. The predicted octanol–water partition coefficient (Wildman–Crippen LogP) is 1.78. The van der Waals surface area contributed by atoms with Gasteiger partial charge in [0.25, 0.3) is 5.91 Å². The number of hydrogen-bond donors (Lipinski definition) is 3. The monoisotopic (exact) mass is 269 g/mol. The number of aromatic nitrogens is 2. The number of hydrogen-bond acceptors (Lipinski definition) is 4. The van der Waals surface area contributed by atoms with Crippen LogP contribution >= 0.6 is 0 Å². The van der Waals surface area contributed by atoms with Crippen LogP contribution in [-0.2, 0) is 4.79 Å². The Kier molecular flexibility index (Phi) is 3.71. The summed E-state index contributed by atoms with van der Waals surface area (Å²) in [5.41, 5.74) is 7.31. The van der Waals surface area contributed by atoms with Crippen LogP contribution in [0.15, 0.2) is 24.0 Å². The van der Waals surface area contributed by atoms with E-state index in [1.807, 2.05) is 19.9 Å². The van der Waals surface area contributed by atoms with E-state index < -0.39 is 5.91 Å². The molecular weight excluding hydrogens is 254 g/mol. The average Bonchev–Trinajstić information content (AvgIpc) is 2.77. The number of amides is 1. The second-order valence-electron chi connectivity index (χ2n) is 4.70. The lowest BCUT2D eigenvalue weighted by atomic mass is 10.1. The summed E-state index contributed by atoms with van der Waals surface area (Å²) in [6.45, 7) is 4.06. The van der Waals surface area contributed by atoms with Crippen LogP contribution < -0.4 is 11.1 Å². The summed E-state index contributed by atoms with van der Waals surface area (Å²) < 4.78 is 0. The van der Waals surface area contributed by atoms with E-state index in [0.717, 1.165) is 11.1 Å². The molecular formula is C14H15N5O. The van der Waals surface area contributed by atoms with Crippen LogP contribution in [-0.4, -0.2) is 21.9 Å². The van der Waals surface area contributed by atoms with Crippen molar-refractivity contribution in [2.75, 3.05) is 5.32 Å². The van der Waals surface area contributed by atoms with E-state index in [2.05, 4.69) is 15.3 Å². The first-order chi connectivity index (χ1) is 9.51. The Labute approximate surface area is 116 Å². The Bertz CT molecular complexity index is 721. The number of fused-ring (bicyclic) bond motifs is 1. The van der Waals surface area contributed by atoms with Crippen molar-refractivity contribution in [1.82, 2.24) is 9.97 Å². The second kappa shape index (κ2) is 5.45. The molecule has 0 spiro atoms. The fourth-order valence-corrected chi connectivity index (χ4v) is 1.87. The quantitative estimate of drug-likeness (QED) is 0.580. The Morgan fingerprint density at radius 3 is 2.95 bits per heavy atom. The molecule has 6 heteroatoms. The maximum absolute atomic E-state index is 11.1. The van der Waals surface area contributed by atoms with E-state index >= 15 is 0 Å². The van der Waals surface area contributed by atoms with Gasteiger partial charge in [0.15, 0.2) is 0 Å². The van der Waals surface area contributed by atoms with Crippen LogP contribution in [0.4, 0.5) is 5.69 Å². The van der Waals surface area contributed by atoms with Crippen molar-refractivity contribution in [3.63, 3.8) is 0 Å². The highest BCUT2D eigenvalue weighted by Gasteiger charge is 2.08. The maximum Gasteiger partial charge on any atom is 0.259 e. The molecule has 0 fully saturated rings. The molecule has 0 aliphatic carbocycles. The molecule has 4 N–H and O–H groups in total. The minimum Gasteiger partial charge on any atom is -0.382 e. The Balaban J connectivity index is 2.50. The number of nitriles is 1. The minimum absolute atomic E-state index is 0.0897. The number of carbonyl (C=O) groups is 1. The number of anilines is 1. The molecule has 0 unspecified atom stereocenters. The zero-order valence-corrected chi connectivity index (χ0v) is 11.3. The number of aromatic amines is 1. The lowest BCUT2D eigenvalue weighted by Gasteiger charge is -2.09. The van der Waals surface area contributed by atoms with Gasteiger partial charge in [-0.3, -0.25) is 4.79 Å². The lowest BCUT2D eigenvalue weighted by Crippen LogP contribution is -2.12. The van der Waals surface area contributed by atoms with Crippen LogP contribution in [0.25, 0.3) is 17.1 Å². The van der Waals surface area contributed by atoms with Gasteiger partial charge < -0.3 is 16.0 Å². The molecule has 102 valence electrons. The highest BCUT2D eigenvalue weighted by Crippen LogP contribution is 2.22. The summed E-state index contributed by atoms with van der Waals surface area (Å²) in [5.74, 6) is -0.744. The van der Waals surface area contributed by atoms with Gasteiger partial charge in [-0.2, -0.15) is 5.26 Å². The molecule has 0 aliphatic heterocycles. The van der Waals surface area contributed by atoms with E-state index in [1.165, 1.54) is 6.08 Å². The van der Waals surface area contributed by atoms with Crippen molar-refractivity contribution in [2.24, 2.45) is 5.73 Å². The van der Waals surface area contributed by atoms with Gasteiger partial charge in [0, 0.05) is 23.2 Å². The van der Waals surface area contributed by atoms with Crippen LogP contribution in [0, 0.1) is 11.3 Å². The van der Waals surface area contributed by atoms with Crippen molar-refractivity contribution in [1.29, 1.82) is 5.26 Å². The third kappa shape index (κ3) is 2.78.